The lowest BCUT2D eigenvalue weighted by Crippen LogP contribution is -2.44. The third kappa shape index (κ3) is 4.12. The number of nitrogens with zero attached hydrogens (tertiary/aromatic N) is 2. The molecule has 0 atom stereocenters. The number of thiophene rings is 1. The van der Waals surface area contributed by atoms with Crippen LogP contribution in [0.15, 0.2) is 11.4 Å². The number of hydrogen-bond acceptors (Lipinski definition) is 4. The molecule has 1 N–H and O–H groups in total. The highest BCUT2D eigenvalue weighted by atomic mass is 32.1. The van der Waals surface area contributed by atoms with Crippen LogP contribution in [0.4, 0.5) is 0 Å². The van der Waals surface area contributed by atoms with Crippen LogP contribution in [0.25, 0.3) is 0 Å². The lowest BCUT2D eigenvalue weighted by Gasteiger charge is -2.31. The summed E-state index contributed by atoms with van der Waals surface area (Å²) in [7, 11) is 0. The molecule has 2 aliphatic heterocycles. The van der Waals surface area contributed by atoms with Gasteiger partial charge in [-0.25, -0.2) is 0 Å². The zero-order chi connectivity index (χ0) is 16.2. The van der Waals surface area contributed by atoms with Gasteiger partial charge in [-0.3, -0.25) is 14.5 Å². The van der Waals surface area contributed by atoms with Crippen LogP contribution < -0.4 is 5.32 Å². The minimum absolute atomic E-state index is 0.0652. The molecule has 1 aromatic rings. The Morgan fingerprint density at radius 1 is 1.30 bits per heavy atom. The van der Waals surface area contributed by atoms with Crippen LogP contribution in [0, 0.1) is 5.92 Å². The van der Waals surface area contributed by atoms with E-state index in [1.165, 1.54) is 10.4 Å². The van der Waals surface area contributed by atoms with E-state index in [1.807, 2.05) is 16.2 Å². The van der Waals surface area contributed by atoms with E-state index in [1.54, 1.807) is 6.92 Å². The second kappa shape index (κ2) is 7.45. The average Bonchev–Trinajstić information content (AvgIpc) is 3.02. The van der Waals surface area contributed by atoms with Crippen molar-refractivity contribution in [3.63, 3.8) is 0 Å². The first-order valence-electron chi connectivity index (χ1n) is 8.44. The van der Waals surface area contributed by atoms with Gasteiger partial charge in [0.1, 0.15) is 0 Å². The number of amides is 2. The van der Waals surface area contributed by atoms with Gasteiger partial charge in [-0.1, -0.05) is 0 Å². The van der Waals surface area contributed by atoms with Crippen molar-refractivity contribution in [2.75, 3.05) is 32.7 Å². The third-order valence-corrected chi connectivity index (χ3v) is 5.95. The van der Waals surface area contributed by atoms with Crippen LogP contribution in [0.5, 0.6) is 0 Å². The molecule has 0 aromatic carbocycles. The first-order chi connectivity index (χ1) is 11.1. The fraction of sp³-hybridized carbons (Fsp3) is 0.647. The number of piperidine rings is 1. The molecule has 3 rings (SSSR count). The van der Waals surface area contributed by atoms with E-state index < -0.39 is 0 Å². The maximum absolute atomic E-state index is 12.2. The van der Waals surface area contributed by atoms with E-state index in [-0.39, 0.29) is 17.7 Å². The Labute approximate surface area is 141 Å². The first-order valence-corrected chi connectivity index (χ1v) is 9.32. The summed E-state index contributed by atoms with van der Waals surface area (Å²) in [6.45, 7) is 6.73. The van der Waals surface area contributed by atoms with Gasteiger partial charge in [-0.15, -0.1) is 11.3 Å². The molecular formula is C17H25N3O2S. The summed E-state index contributed by atoms with van der Waals surface area (Å²) in [6, 6.07) is 2.22. The summed E-state index contributed by atoms with van der Waals surface area (Å²) in [5.74, 6) is 0.332. The van der Waals surface area contributed by atoms with Crippen LogP contribution in [0.2, 0.25) is 0 Å². The summed E-state index contributed by atoms with van der Waals surface area (Å²) >= 11 is 1.85. The Hall–Kier alpha value is -1.40. The van der Waals surface area contributed by atoms with Crippen LogP contribution in [-0.4, -0.2) is 54.3 Å². The molecular weight excluding hydrogens is 310 g/mol. The molecule has 0 aliphatic carbocycles. The molecule has 2 amide bonds. The molecule has 1 saturated heterocycles. The number of carbonyl (C=O) groups excluding carboxylic acids is 2. The van der Waals surface area contributed by atoms with Gasteiger partial charge < -0.3 is 10.2 Å². The maximum Gasteiger partial charge on any atom is 0.223 e. The Morgan fingerprint density at radius 2 is 2.09 bits per heavy atom. The van der Waals surface area contributed by atoms with Crippen molar-refractivity contribution in [2.24, 2.45) is 5.92 Å². The van der Waals surface area contributed by atoms with E-state index in [4.69, 9.17) is 0 Å². The van der Waals surface area contributed by atoms with E-state index in [2.05, 4.69) is 21.7 Å². The van der Waals surface area contributed by atoms with Gasteiger partial charge in [0.25, 0.3) is 0 Å². The van der Waals surface area contributed by atoms with Crippen molar-refractivity contribution < 1.29 is 9.59 Å². The summed E-state index contributed by atoms with van der Waals surface area (Å²) < 4.78 is 0. The van der Waals surface area contributed by atoms with Crippen LogP contribution >= 0.6 is 11.3 Å². The highest BCUT2D eigenvalue weighted by Crippen LogP contribution is 2.23. The molecule has 2 aliphatic rings. The van der Waals surface area contributed by atoms with Gasteiger partial charge in [0.05, 0.1) is 0 Å². The van der Waals surface area contributed by atoms with Crippen molar-refractivity contribution in [2.45, 2.75) is 32.7 Å². The lowest BCUT2D eigenvalue weighted by atomic mass is 9.96. The Kier molecular flexibility index (Phi) is 5.33. The third-order valence-electron chi connectivity index (χ3n) is 4.93. The number of likely N-dealkylation sites (tertiary alicyclic amines) is 1. The Bertz CT molecular complexity index is 564. The van der Waals surface area contributed by atoms with Crippen LogP contribution in [0.3, 0.4) is 0 Å². The standard InChI is InChI=1S/C17H25N3O2S/c1-13(21)20-8-2-14(3-9-20)17(22)18-6-10-19-7-4-16-15(12-19)5-11-23-16/h5,11,14H,2-4,6-10,12H2,1H3,(H,18,22). The highest BCUT2D eigenvalue weighted by Gasteiger charge is 2.26. The SMILES string of the molecule is CC(=O)N1CCC(C(=O)NCCN2CCc3sccc3C2)CC1. The van der Waals surface area contributed by atoms with Gasteiger partial charge in [0.2, 0.25) is 11.8 Å². The summed E-state index contributed by atoms with van der Waals surface area (Å²) in [5, 5.41) is 5.25. The molecule has 0 radical (unpaired) electrons. The Balaban J connectivity index is 1.36. The number of fused-ring (bicyclic) bond motifs is 1. The molecule has 0 spiro atoms. The summed E-state index contributed by atoms with van der Waals surface area (Å²) in [5.41, 5.74) is 1.45. The largest absolute Gasteiger partial charge is 0.355 e. The Morgan fingerprint density at radius 3 is 2.83 bits per heavy atom. The molecule has 6 heteroatoms. The van der Waals surface area contributed by atoms with E-state index in [9.17, 15) is 9.59 Å². The lowest BCUT2D eigenvalue weighted by molar-refractivity contribution is -0.133. The smallest absolute Gasteiger partial charge is 0.223 e. The van der Waals surface area contributed by atoms with Crippen LogP contribution in [-0.2, 0) is 22.6 Å². The van der Waals surface area contributed by atoms with Crippen molar-refractivity contribution in [1.29, 1.82) is 0 Å². The molecule has 0 unspecified atom stereocenters. The zero-order valence-electron chi connectivity index (χ0n) is 13.7. The molecule has 0 bridgehead atoms. The molecule has 5 nitrogen and oxygen atoms in total. The van der Waals surface area contributed by atoms with Crippen molar-refractivity contribution in [3.05, 3.63) is 21.9 Å². The molecule has 1 fully saturated rings. The van der Waals surface area contributed by atoms with E-state index in [0.29, 0.717) is 19.6 Å². The van der Waals surface area contributed by atoms with Gasteiger partial charge >= 0.3 is 0 Å². The number of rotatable bonds is 4. The number of carbonyl (C=O) groups is 2. The predicted molar refractivity (Wildman–Crippen MR) is 91.3 cm³/mol. The second-order valence-electron chi connectivity index (χ2n) is 6.47. The molecule has 0 saturated carbocycles. The number of nitrogens with one attached hydrogen (secondary N) is 1. The normalized spacial score (nSPS) is 19.4. The minimum atomic E-state index is 0.0652. The van der Waals surface area contributed by atoms with E-state index >= 15 is 0 Å². The van der Waals surface area contributed by atoms with Crippen molar-refractivity contribution >= 4 is 23.2 Å². The highest BCUT2D eigenvalue weighted by molar-refractivity contribution is 7.10. The van der Waals surface area contributed by atoms with Gasteiger partial charge in [-0.05, 0) is 36.3 Å². The van der Waals surface area contributed by atoms with Gasteiger partial charge in [-0.2, -0.15) is 0 Å². The van der Waals surface area contributed by atoms with Crippen molar-refractivity contribution in [3.8, 4) is 0 Å². The summed E-state index contributed by atoms with van der Waals surface area (Å²) in [6.07, 6.45) is 2.70. The van der Waals surface area contributed by atoms with Crippen molar-refractivity contribution in [1.82, 2.24) is 15.1 Å². The fourth-order valence-electron chi connectivity index (χ4n) is 3.44. The van der Waals surface area contributed by atoms with Gasteiger partial charge in [0.15, 0.2) is 0 Å². The second-order valence-corrected chi connectivity index (χ2v) is 7.47. The average molecular weight is 335 g/mol. The molecule has 23 heavy (non-hydrogen) atoms. The topological polar surface area (TPSA) is 52.7 Å². The first kappa shape index (κ1) is 16.5. The van der Waals surface area contributed by atoms with E-state index in [0.717, 1.165) is 38.9 Å². The van der Waals surface area contributed by atoms with Crippen LogP contribution in [0.1, 0.15) is 30.2 Å². The predicted octanol–water partition coefficient (Wildman–Crippen LogP) is 1.48. The maximum atomic E-state index is 12.2. The zero-order valence-corrected chi connectivity index (χ0v) is 14.5. The minimum Gasteiger partial charge on any atom is -0.355 e. The summed E-state index contributed by atoms with van der Waals surface area (Å²) in [4.78, 5) is 29.3. The van der Waals surface area contributed by atoms with Gasteiger partial charge in [0, 0.05) is 57.0 Å². The monoisotopic (exact) mass is 335 g/mol. The number of hydrogen-bond donors (Lipinski definition) is 1. The molecule has 126 valence electrons. The molecule has 3 heterocycles. The molecule has 1 aromatic heterocycles. The fourth-order valence-corrected chi connectivity index (χ4v) is 4.33. The quantitative estimate of drug-likeness (QED) is 0.907.